The van der Waals surface area contributed by atoms with Crippen LogP contribution in [0.4, 0.5) is 0 Å². The van der Waals surface area contributed by atoms with E-state index in [0.29, 0.717) is 0 Å². The summed E-state index contributed by atoms with van der Waals surface area (Å²) in [5, 5.41) is 0. The molecule has 0 aromatic heterocycles. The van der Waals surface area contributed by atoms with E-state index in [-0.39, 0.29) is 7.43 Å². The molecule has 1 aromatic rings. The van der Waals surface area contributed by atoms with Crippen molar-refractivity contribution >= 4 is 24.0 Å². The van der Waals surface area contributed by atoms with Gasteiger partial charge in [0.05, 0.1) is 0 Å². The molecule has 0 atom stereocenters. The molecule has 11 heavy (non-hydrogen) atoms. The van der Waals surface area contributed by atoms with Crippen molar-refractivity contribution in [3.05, 3.63) is 43.3 Å². The fourth-order valence-electron chi connectivity index (χ4n) is 0.610. The Morgan fingerprint density at radius 1 is 1.09 bits per heavy atom. The summed E-state index contributed by atoms with van der Waals surface area (Å²) >= 11 is -1.61. The minimum atomic E-state index is -1.61. The van der Waals surface area contributed by atoms with Crippen LogP contribution in [0.5, 0.6) is 0 Å². The van der Waals surface area contributed by atoms with Crippen LogP contribution in [0.25, 0.3) is 0 Å². The zero-order valence-electron chi connectivity index (χ0n) is 6.07. The van der Waals surface area contributed by atoms with Gasteiger partial charge in [0.2, 0.25) is 0 Å². The van der Waals surface area contributed by atoms with Gasteiger partial charge in [-0.3, -0.25) is 0 Å². The first-order valence-corrected chi connectivity index (χ1v) is 8.15. The first-order chi connectivity index (χ1) is 4.79. The van der Waals surface area contributed by atoms with Gasteiger partial charge in [-0.1, -0.05) is 0 Å². The Hall–Kier alpha value is 0.293. The number of benzene rings is 1. The Labute approximate surface area is 80.7 Å². The molecule has 0 N–H and O–H groups in total. The van der Waals surface area contributed by atoms with Gasteiger partial charge >= 0.3 is 73.4 Å². The van der Waals surface area contributed by atoms with Gasteiger partial charge < -0.3 is 7.43 Å². The van der Waals surface area contributed by atoms with Crippen LogP contribution >= 0.6 is 19.4 Å². The second-order valence-electron chi connectivity index (χ2n) is 1.72. The van der Waals surface area contributed by atoms with E-state index in [1.807, 2.05) is 34.9 Å². The van der Waals surface area contributed by atoms with Crippen molar-refractivity contribution in [2.45, 2.75) is 0 Å². The molecule has 0 nitrogen and oxygen atoms in total. The second kappa shape index (κ2) is 5.88. The molecule has 1 rings (SSSR count). The summed E-state index contributed by atoms with van der Waals surface area (Å²) in [5.41, 5.74) is 1.12. The summed E-state index contributed by atoms with van der Waals surface area (Å²) in [4.78, 5) is 0. The van der Waals surface area contributed by atoms with Gasteiger partial charge in [0, 0.05) is 0 Å². The summed E-state index contributed by atoms with van der Waals surface area (Å²) < 4.78 is 1.92. The predicted octanol–water partition coefficient (Wildman–Crippen LogP) is 3.21. The van der Waals surface area contributed by atoms with E-state index in [9.17, 15) is 0 Å². The van der Waals surface area contributed by atoms with E-state index >= 15 is 0 Å². The van der Waals surface area contributed by atoms with Crippen LogP contribution in [0.2, 0.25) is 0 Å². The molecule has 0 fully saturated rings. The van der Waals surface area contributed by atoms with Gasteiger partial charge in [-0.05, 0) is 0 Å². The SMILES string of the molecule is [CH3-].[Cl][Ru]([Cl])=[CH]c1ccccc1. The minimum absolute atomic E-state index is 0. The summed E-state index contributed by atoms with van der Waals surface area (Å²) in [6.07, 6.45) is 0. The Balaban J connectivity index is 0.000001000. The molecule has 0 saturated carbocycles. The van der Waals surface area contributed by atoms with Crippen LogP contribution in [0, 0.1) is 7.43 Å². The van der Waals surface area contributed by atoms with E-state index < -0.39 is 13.5 Å². The third-order valence-corrected chi connectivity index (χ3v) is 2.87. The fourth-order valence-corrected chi connectivity index (χ4v) is 2.44. The zero-order chi connectivity index (χ0) is 7.40. The van der Waals surface area contributed by atoms with Gasteiger partial charge in [-0.2, -0.15) is 0 Å². The first kappa shape index (κ1) is 11.3. The second-order valence-corrected chi connectivity index (χ2v) is 7.44. The summed E-state index contributed by atoms with van der Waals surface area (Å²) in [6.45, 7) is 0. The molecule has 0 aliphatic carbocycles. The molecule has 64 valence electrons. The van der Waals surface area contributed by atoms with Crippen LogP contribution in [0.3, 0.4) is 0 Å². The Bertz CT molecular complexity index is 227. The number of halogens is 2. The Kier molecular flexibility index (Phi) is 6.04. The molecule has 0 radical (unpaired) electrons. The Morgan fingerprint density at radius 3 is 2.09 bits per heavy atom. The average Bonchev–Trinajstić information content (AvgIpc) is 1.88. The third-order valence-electron chi connectivity index (χ3n) is 0.995. The van der Waals surface area contributed by atoms with Crippen molar-refractivity contribution in [2.24, 2.45) is 0 Å². The van der Waals surface area contributed by atoms with Gasteiger partial charge in [0.15, 0.2) is 0 Å². The van der Waals surface area contributed by atoms with Crippen molar-refractivity contribution in [1.82, 2.24) is 0 Å². The quantitative estimate of drug-likeness (QED) is 0.546. The summed E-state index contributed by atoms with van der Waals surface area (Å²) in [7, 11) is 11.3. The molecule has 3 heteroatoms. The molecule has 0 aliphatic heterocycles. The van der Waals surface area contributed by atoms with Gasteiger partial charge in [0.25, 0.3) is 0 Å². The van der Waals surface area contributed by atoms with E-state index in [1.54, 1.807) is 0 Å². The van der Waals surface area contributed by atoms with E-state index in [1.165, 1.54) is 0 Å². The number of rotatable bonds is 1. The van der Waals surface area contributed by atoms with E-state index in [4.69, 9.17) is 19.4 Å². The predicted molar refractivity (Wildman–Crippen MR) is 49.7 cm³/mol. The monoisotopic (exact) mass is 277 g/mol. The molecular weight excluding hydrogens is 268 g/mol. The molecule has 0 aliphatic rings. The van der Waals surface area contributed by atoms with Crippen LogP contribution in [-0.4, -0.2) is 4.61 Å². The maximum absolute atomic E-state index is 5.67. The molecule has 0 bridgehead atoms. The fraction of sp³-hybridized carbons (Fsp3) is 0. The molecular formula is C8H9Cl2Ru-. The molecule has 1 aromatic carbocycles. The van der Waals surface area contributed by atoms with Crippen molar-refractivity contribution < 1.29 is 13.5 Å². The van der Waals surface area contributed by atoms with E-state index in [2.05, 4.69) is 0 Å². The maximum atomic E-state index is 5.67. The van der Waals surface area contributed by atoms with Crippen molar-refractivity contribution in [3.63, 3.8) is 0 Å². The topological polar surface area (TPSA) is 0 Å². The standard InChI is InChI=1S/C7H6.CH3.2ClH.Ru/c1-7-5-3-2-4-6-7;;;;/h1-6H;1H3;2*1H;/q;-1;;;+2/p-2. The zero-order valence-corrected chi connectivity index (χ0v) is 9.32. The van der Waals surface area contributed by atoms with Crippen LogP contribution in [0.1, 0.15) is 5.56 Å². The van der Waals surface area contributed by atoms with Gasteiger partial charge in [0.1, 0.15) is 0 Å². The first-order valence-electron chi connectivity index (χ1n) is 2.67. The molecule has 0 amide bonds. The van der Waals surface area contributed by atoms with Gasteiger partial charge in [-0.25, -0.2) is 0 Å². The summed E-state index contributed by atoms with van der Waals surface area (Å²) in [5.74, 6) is 0. The van der Waals surface area contributed by atoms with Crippen molar-refractivity contribution in [2.75, 3.05) is 0 Å². The van der Waals surface area contributed by atoms with Crippen molar-refractivity contribution in [1.29, 1.82) is 0 Å². The van der Waals surface area contributed by atoms with Crippen LogP contribution in [-0.2, 0) is 13.5 Å². The molecule has 0 unspecified atom stereocenters. The van der Waals surface area contributed by atoms with Gasteiger partial charge in [-0.15, -0.1) is 0 Å². The van der Waals surface area contributed by atoms with E-state index in [0.717, 1.165) is 5.56 Å². The van der Waals surface area contributed by atoms with Crippen molar-refractivity contribution in [3.8, 4) is 0 Å². The molecule has 0 spiro atoms. The third kappa shape index (κ3) is 4.68. The molecule has 0 heterocycles. The van der Waals surface area contributed by atoms with Crippen LogP contribution < -0.4 is 0 Å². The normalized spacial score (nSPS) is 9.82. The summed E-state index contributed by atoms with van der Waals surface area (Å²) in [6, 6.07) is 9.89. The number of hydrogen-bond donors (Lipinski definition) is 0. The average molecular weight is 277 g/mol. The van der Waals surface area contributed by atoms with Crippen LogP contribution in [0.15, 0.2) is 30.3 Å². The Morgan fingerprint density at radius 2 is 1.64 bits per heavy atom. The number of hydrogen-bond acceptors (Lipinski definition) is 0. The molecule has 0 saturated heterocycles.